The Morgan fingerprint density at radius 2 is 2.15 bits per heavy atom. The highest BCUT2D eigenvalue weighted by Crippen LogP contribution is 2.24. The minimum atomic E-state index is -3.72. The first kappa shape index (κ1) is 15.3. The molecular formula is C12H16BrN3O3S. The summed E-state index contributed by atoms with van der Waals surface area (Å²) in [6, 6.07) is 4.60. The van der Waals surface area contributed by atoms with Crippen LogP contribution in [0.4, 0.5) is 5.69 Å². The number of anilines is 1. The lowest BCUT2D eigenvalue weighted by Gasteiger charge is -2.17. The van der Waals surface area contributed by atoms with E-state index in [9.17, 15) is 13.2 Å². The molecular weight excluding hydrogens is 346 g/mol. The number of nitrogens with one attached hydrogen (secondary N) is 1. The first-order valence-corrected chi connectivity index (χ1v) is 8.35. The molecule has 0 aromatic heterocycles. The Hall–Kier alpha value is -1.12. The summed E-state index contributed by atoms with van der Waals surface area (Å²) in [6.45, 7) is -0.200. The molecule has 0 radical (unpaired) electrons. The van der Waals surface area contributed by atoms with Gasteiger partial charge in [-0.15, -0.1) is 0 Å². The molecule has 0 bridgehead atoms. The number of rotatable bonds is 5. The molecule has 8 heteroatoms. The van der Waals surface area contributed by atoms with Crippen LogP contribution in [0.5, 0.6) is 0 Å². The second-order valence-corrected chi connectivity index (χ2v) is 7.69. The highest BCUT2D eigenvalue weighted by molar-refractivity contribution is 9.10. The Labute approximate surface area is 126 Å². The number of amides is 1. The summed E-state index contributed by atoms with van der Waals surface area (Å²) in [5.74, 6) is -0.288. The summed E-state index contributed by atoms with van der Waals surface area (Å²) in [5.41, 5.74) is 6.02. The molecule has 110 valence electrons. The van der Waals surface area contributed by atoms with Crippen LogP contribution in [0.2, 0.25) is 0 Å². The van der Waals surface area contributed by atoms with E-state index in [4.69, 9.17) is 5.73 Å². The van der Waals surface area contributed by atoms with E-state index in [-0.39, 0.29) is 23.4 Å². The van der Waals surface area contributed by atoms with Crippen LogP contribution < -0.4 is 11.1 Å². The van der Waals surface area contributed by atoms with Gasteiger partial charge in [-0.3, -0.25) is 4.79 Å². The van der Waals surface area contributed by atoms with Crippen molar-refractivity contribution in [2.24, 2.45) is 0 Å². The number of carbonyl (C=O) groups excluding carboxylic acids is 1. The van der Waals surface area contributed by atoms with E-state index in [1.165, 1.54) is 19.2 Å². The maximum atomic E-state index is 12.3. The summed E-state index contributed by atoms with van der Waals surface area (Å²) in [4.78, 5) is 11.7. The zero-order chi connectivity index (χ0) is 14.9. The Morgan fingerprint density at radius 1 is 1.50 bits per heavy atom. The maximum absolute atomic E-state index is 12.3. The minimum Gasteiger partial charge on any atom is -0.398 e. The van der Waals surface area contributed by atoms with E-state index in [0.717, 1.165) is 17.1 Å². The van der Waals surface area contributed by atoms with Crippen LogP contribution in [0.15, 0.2) is 27.6 Å². The third-order valence-electron chi connectivity index (χ3n) is 2.98. The number of benzene rings is 1. The molecule has 0 unspecified atom stereocenters. The van der Waals surface area contributed by atoms with E-state index >= 15 is 0 Å². The van der Waals surface area contributed by atoms with Crippen LogP contribution >= 0.6 is 15.9 Å². The van der Waals surface area contributed by atoms with Crippen LogP contribution in [-0.4, -0.2) is 38.3 Å². The number of sulfonamides is 1. The topological polar surface area (TPSA) is 92.5 Å². The smallest absolute Gasteiger partial charge is 0.243 e. The van der Waals surface area contributed by atoms with Gasteiger partial charge in [-0.25, -0.2) is 8.42 Å². The number of hydrogen-bond acceptors (Lipinski definition) is 4. The van der Waals surface area contributed by atoms with Gasteiger partial charge in [-0.05, 0) is 47.0 Å². The van der Waals surface area contributed by atoms with Gasteiger partial charge in [0.1, 0.15) is 0 Å². The highest BCUT2D eigenvalue weighted by Gasteiger charge is 2.27. The van der Waals surface area contributed by atoms with E-state index in [0.29, 0.717) is 10.2 Å². The molecule has 0 spiro atoms. The van der Waals surface area contributed by atoms with E-state index in [2.05, 4.69) is 21.2 Å². The molecule has 1 aliphatic carbocycles. The SMILES string of the molecule is CN(CC(=O)NC1CC1)S(=O)(=O)c1ccc(Br)c(N)c1. The monoisotopic (exact) mass is 361 g/mol. The highest BCUT2D eigenvalue weighted by atomic mass is 79.9. The molecule has 3 N–H and O–H groups in total. The van der Waals surface area contributed by atoms with Crippen molar-refractivity contribution in [3.63, 3.8) is 0 Å². The van der Waals surface area contributed by atoms with Crippen LogP contribution in [0, 0.1) is 0 Å². The van der Waals surface area contributed by atoms with Crippen molar-refractivity contribution in [3.8, 4) is 0 Å². The molecule has 0 heterocycles. The number of nitrogens with zero attached hydrogens (tertiary/aromatic N) is 1. The first-order chi connectivity index (χ1) is 9.30. The number of carbonyl (C=O) groups is 1. The quantitative estimate of drug-likeness (QED) is 0.763. The van der Waals surface area contributed by atoms with Crippen LogP contribution in [0.25, 0.3) is 0 Å². The van der Waals surface area contributed by atoms with Gasteiger partial charge in [0.2, 0.25) is 15.9 Å². The zero-order valence-electron chi connectivity index (χ0n) is 11.0. The second-order valence-electron chi connectivity index (χ2n) is 4.79. The summed E-state index contributed by atoms with van der Waals surface area (Å²) < 4.78 is 26.3. The van der Waals surface area contributed by atoms with Crippen molar-refractivity contribution in [2.75, 3.05) is 19.3 Å². The van der Waals surface area contributed by atoms with E-state index in [1.54, 1.807) is 6.07 Å². The third kappa shape index (κ3) is 3.50. The van der Waals surface area contributed by atoms with Gasteiger partial charge in [0, 0.05) is 23.2 Å². The molecule has 1 fully saturated rings. The van der Waals surface area contributed by atoms with Crippen LogP contribution in [0.1, 0.15) is 12.8 Å². The average Bonchev–Trinajstić information content (AvgIpc) is 3.16. The predicted molar refractivity (Wildman–Crippen MR) is 79.5 cm³/mol. The molecule has 0 atom stereocenters. The Kier molecular flexibility index (Phi) is 4.36. The number of halogens is 1. The summed E-state index contributed by atoms with van der Waals surface area (Å²) in [7, 11) is -2.34. The Morgan fingerprint density at radius 3 is 2.70 bits per heavy atom. The van der Waals surface area contributed by atoms with Crippen molar-refractivity contribution in [1.29, 1.82) is 0 Å². The maximum Gasteiger partial charge on any atom is 0.243 e. The lowest BCUT2D eigenvalue weighted by molar-refractivity contribution is -0.121. The van der Waals surface area contributed by atoms with E-state index in [1.807, 2.05) is 0 Å². The fraction of sp³-hybridized carbons (Fsp3) is 0.417. The molecule has 2 rings (SSSR count). The lowest BCUT2D eigenvalue weighted by atomic mass is 10.3. The van der Waals surface area contributed by atoms with Gasteiger partial charge in [-0.2, -0.15) is 4.31 Å². The minimum absolute atomic E-state index is 0.0694. The third-order valence-corrected chi connectivity index (χ3v) is 5.51. The number of hydrogen-bond donors (Lipinski definition) is 2. The second kappa shape index (κ2) is 5.71. The summed E-state index contributed by atoms with van der Waals surface area (Å²) in [6.07, 6.45) is 1.93. The summed E-state index contributed by atoms with van der Waals surface area (Å²) >= 11 is 3.21. The average molecular weight is 362 g/mol. The van der Waals surface area contributed by atoms with E-state index < -0.39 is 10.0 Å². The summed E-state index contributed by atoms with van der Waals surface area (Å²) in [5, 5.41) is 2.75. The Bertz CT molecular complexity index is 629. The van der Waals surface area contributed by atoms with Crippen molar-refractivity contribution in [2.45, 2.75) is 23.8 Å². The standard InChI is InChI=1S/C12H16BrN3O3S/c1-16(7-12(17)15-8-2-3-8)20(18,19)9-4-5-10(13)11(14)6-9/h4-6,8H,2-3,7,14H2,1H3,(H,15,17). The molecule has 1 amide bonds. The van der Waals surface area contributed by atoms with Gasteiger partial charge in [-0.1, -0.05) is 0 Å². The molecule has 1 aliphatic rings. The van der Waals surface area contributed by atoms with Crippen LogP contribution in [0.3, 0.4) is 0 Å². The zero-order valence-corrected chi connectivity index (χ0v) is 13.4. The molecule has 20 heavy (non-hydrogen) atoms. The van der Waals surface area contributed by atoms with Gasteiger partial charge < -0.3 is 11.1 Å². The molecule has 1 aromatic carbocycles. The van der Waals surface area contributed by atoms with Gasteiger partial charge >= 0.3 is 0 Å². The largest absolute Gasteiger partial charge is 0.398 e. The molecule has 1 aromatic rings. The number of nitrogen functional groups attached to an aromatic ring is 1. The van der Waals surface area contributed by atoms with Crippen molar-refractivity contribution >= 4 is 37.5 Å². The molecule has 6 nitrogen and oxygen atoms in total. The van der Waals surface area contributed by atoms with Gasteiger partial charge in [0.15, 0.2) is 0 Å². The molecule has 0 aliphatic heterocycles. The Balaban J connectivity index is 2.11. The number of likely N-dealkylation sites (N-methyl/N-ethyl adjacent to an activating group) is 1. The first-order valence-electron chi connectivity index (χ1n) is 6.11. The van der Waals surface area contributed by atoms with Gasteiger partial charge in [0.05, 0.1) is 11.4 Å². The fourth-order valence-electron chi connectivity index (χ4n) is 1.65. The fourth-order valence-corrected chi connectivity index (χ4v) is 3.06. The van der Waals surface area contributed by atoms with Crippen molar-refractivity contribution < 1.29 is 13.2 Å². The van der Waals surface area contributed by atoms with Gasteiger partial charge in [0.25, 0.3) is 0 Å². The molecule has 1 saturated carbocycles. The van der Waals surface area contributed by atoms with Crippen molar-refractivity contribution in [3.05, 3.63) is 22.7 Å². The normalized spacial score (nSPS) is 15.3. The number of nitrogens with two attached hydrogens (primary N) is 1. The molecule has 0 saturated heterocycles. The lowest BCUT2D eigenvalue weighted by Crippen LogP contribution is -2.39. The van der Waals surface area contributed by atoms with Crippen molar-refractivity contribution in [1.82, 2.24) is 9.62 Å². The van der Waals surface area contributed by atoms with Crippen LogP contribution in [-0.2, 0) is 14.8 Å². The predicted octanol–water partition coefficient (Wildman–Crippen LogP) is 0.930.